The lowest BCUT2D eigenvalue weighted by atomic mass is 9.98. The molecule has 1 saturated heterocycles. The summed E-state index contributed by atoms with van der Waals surface area (Å²) in [5.74, 6) is 1.48. The molecule has 2 rings (SSSR count). The number of carboxylic acid groups (broad SMARTS) is 1. The normalized spacial score (nSPS) is 17.1. The molecule has 1 aliphatic heterocycles. The SMILES string of the molecule is O=C(CC1CCSCC1)N[C@@H](Cc1ccccc1)C(=O)O. The third-order valence-electron chi connectivity index (χ3n) is 3.73. The van der Waals surface area contributed by atoms with Crippen molar-refractivity contribution in [3.63, 3.8) is 0 Å². The van der Waals surface area contributed by atoms with E-state index in [1.165, 1.54) is 0 Å². The van der Waals surface area contributed by atoms with Crippen LogP contribution in [-0.2, 0) is 16.0 Å². The third-order valence-corrected chi connectivity index (χ3v) is 4.78. The van der Waals surface area contributed by atoms with Crippen molar-refractivity contribution in [2.75, 3.05) is 11.5 Å². The Hall–Kier alpha value is -1.49. The van der Waals surface area contributed by atoms with E-state index in [-0.39, 0.29) is 5.91 Å². The lowest BCUT2D eigenvalue weighted by Crippen LogP contribution is -2.43. The van der Waals surface area contributed by atoms with Crippen molar-refractivity contribution in [1.82, 2.24) is 5.32 Å². The molecule has 0 radical (unpaired) electrons. The van der Waals surface area contributed by atoms with E-state index in [1.807, 2.05) is 42.1 Å². The van der Waals surface area contributed by atoms with Crippen LogP contribution < -0.4 is 5.32 Å². The van der Waals surface area contributed by atoms with Gasteiger partial charge >= 0.3 is 5.97 Å². The van der Waals surface area contributed by atoms with E-state index in [2.05, 4.69) is 5.32 Å². The second-order valence-corrected chi connectivity index (χ2v) is 6.63. The highest BCUT2D eigenvalue weighted by Gasteiger charge is 2.23. The van der Waals surface area contributed by atoms with Crippen LogP contribution in [-0.4, -0.2) is 34.5 Å². The number of hydrogen-bond donors (Lipinski definition) is 2. The maximum Gasteiger partial charge on any atom is 0.326 e. The number of amides is 1. The minimum absolute atomic E-state index is 0.143. The van der Waals surface area contributed by atoms with Crippen molar-refractivity contribution in [2.24, 2.45) is 5.92 Å². The lowest BCUT2D eigenvalue weighted by molar-refractivity contribution is -0.141. The van der Waals surface area contributed by atoms with Crippen molar-refractivity contribution in [1.29, 1.82) is 0 Å². The van der Waals surface area contributed by atoms with Gasteiger partial charge < -0.3 is 10.4 Å². The zero-order chi connectivity index (χ0) is 15.1. The van der Waals surface area contributed by atoms with Crippen LogP contribution in [0.4, 0.5) is 0 Å². The number of aliphatic carboxylic acids is 1. The quantitative estimate of drug-likeness (QED) is 0.846. The Labute approximate surface area is 129 Å². The summed E-state index contributed by atoms with van der Waals surface area (Å²) in [5, 5.41) is 11.9. The van der Waals surface area contributed by atoms with Crippen LogP contribution in [0.15, 0.2) is 30.3 Å². The minimum Gasteiger partial charge on any atom is -0.480 e. The van der Waals surface area contributed by atoms with Crippen LogP contribution in [0.3, 0.4) is 0 Å². The first-order valence-corrected chi connectivity index (χ1v) is 8.44. The molecule has 4 nitrogen and oxygen atoms in total. The highest BCUT2D eigenvalue weighted by atomic mass is 32.2. The highest BCUT2D eigenvalue weighted by Crippen LogP contribution is 2.25. The van der Waals surface area contributed by atoms with Crippen LogP contribution in [0.2, 0.25) is 0 Å². The van der Waals surface area contributed by atoms with Gasteiger partial charge in [0.1, 0.15) is 6.04 Å². The molecule has 0 saturated carbocycles. The van der Waals surface area contributed by atoms with Gasteiger partial charge in [-0.2, -0.15) is 11.8 Å². The zero-order valence-electron chi connectivity index (χ0n) is 12.0. The van der Waals surface area contributed by atoms with Gasteiger partial charge in [0.05, 0.1) is 0 Å². The maximum absolute atomic E-state index is 12.0. The van der Waals surface area contributed by atoms with Gasteiger partial charge in [-0.3, -0.25) is 4.79 Å². The maximum atomic E-state index is 12.0. The van der Waals surface area contributed by atoms with E-state index in [0.29, 0.717) is 18.8 Å². The Morgan fingerprint density at radius 3 is 2.52 bits per heavy atom. The summed E-state index contributed by atoms with van der Waals surface area (Å²) in [7, 11) is 0. The Morgan fingerprint density at radius 1 is 1.24 bits per heavy atom. The number of rotatable bonds is 6. The van der Waals surface area contributed by atoms with E-state index >= 15 is 0 Å². The Balaban J connectivity index is 1.86. The van der Waals surface area contributed by atoms with Gasteiger partial charge in [-0.05, 0) is 35.8 Å². The molecule has 21 heavy (non-hydrogen) atoms. The Bertz CT molecular complexity index is 472. The number of nitrogens with one attached hydrogen (secondary N) is 1. The van der Waals surface area contributed by atoms with Crippen LogP contribution in [0.1, 0.15) is 24.8 Å². The molecular weight excluding hydrogens is 286 g/mol. The molecule has 0 aromatic heterocycles. The fourth-order valence-corrected chi connectivity index (χ4v) is 3.72. The van der Waals surface area contributed by atoms with Gasteiger partial charge in [-0.1, -0.05) is 30.3 Å². The highest BCUT2D eigenvalue weighted by molar-refractivity contribution is 7.99. The van der Waals surface area contributed by atoms with Gasteiger partial charge in [-0.15, -0.1) is 0 Å². The first-order chi connectivity index (χ1) is 10.1. The molecule has 0 bridgehead atoms. The molecule has 1 heterocycles. The van der Waals surface area contributed by atoms with Crippen molar-refractivity contribution < 1.29 is 14.7 Å². The number of benzene rings is 1. The molecular formula is C16H21NO3S. The lowest BCUT2D eigenvalue weighted by Gasteiger charge is -2.22. The molecule has 0 unspecified atom stereocenters. The molecule has 5 heteroatoms. The smallest absolute Gasteiger partial charge is 0.326 e. The van der Waals surface area contributed by atoms with Gasteiger partial charge in [0.25, 0.3) is 0 Å². The predicted octanol–water partition coefficient (Wildman–Crippen LogP) is 2.33. The average Bonchev–Trinajstić information content (AvgIpc) is 2.48. The summed E-state index contributed by atoms with van der Waals surface area (Å²) >= 11 is 1.92. The molecule has 1 atom stereocenters. The summed E-state index contributed by atoms with van der Waals surface area (Å²) in [4.78, 5) is 23.3. The second-order valence-electron chi connectivity index (χ2n) is 5.41. The molecule has 1 amide bonds. The molecule has 1 fully saturated rings. The van der Waals surface area contributed by atoms with Crippen molar-refractivity contribution in [3.8, 4) is 0 Å². The number of carbonyl (C=O) groups excluding carboxylic acids is 1. The molecule has 1 aromatic carbocycles. The first-order valence-electron chi connectivity index (χ1n) is 7.29. The van der Waals surface area contributed by atoms with E-state index in [9.17, 15) is 14.7 Å². The summed E-state index contributed by atoms with van der Waals surface area (Å²) in [6.45, 7) is 0. The van der Waals surface area contributed by atoms with Gasteiger partial charge in [0.15, 0.2) is 0 Å². The molecule has 1 aromatic rings. The molecule has 0 spiro atoms. The molecule has 2 N–H and O–H groups in total. The van der Waals surface area contributed by atoms with E-state index in [1.54, 1.807) is 0 Å². The molecule has 1 aliphatic rings. The van der Waals surface area contributed by atoms with Crippen LogP contribution in [0, 0.1) is 5.92 Å². The van der Waals surface area contributed by atoms with Gasteiger partial charge in [0, 0.05) is 12.8 Å². The van der Waals surface area contributed by atoms with Crippen molar-refractivity contribution >= 4 is 23.6 Å². The number of carbonyl (C=O) groups is 2. The van der Waals surface area contributed by atoms with Crippen molar-refractivity contribution in [3.05, 3.63) is 35.9 Å². The van der Waals surface area contributed by atoms with E-state index < -0.39 is 12.0 Å². The average molecular weight is 307 g/mol. The summed E-state index contributed by atoms with van der Waals surface area (Å²) in [6.07, 6.45) is 2.87. The first kappa shape index (κ1) is 15.9. The van der Waals surface area contributed by atoms with Crippen LogP contribution in [0.25, 0.3) is 0 Å². The Kier molecular flexibility index (Phi) is 6.11. The number of thioether (sulfide) groups is 1. The zero-order valence-corrected chi connectivity index (χ0v) is 12.8. The fourth-order valence-electron chi connectivity index (χ4n) is 2.52. The monoisotopic (exact) mass is 307 g/mol. The van der Waals surface area contributed by atoms with Crippen LogP contribution >= 0.6 is 11.8 Å². The predicted molar refractivity (Wildman–Crippen MR) is 84.4 cm³/mol. The van der Waals surface area contributed by atoms with Crippen LogP contribution in [0.5, 0.6) is 0 Å². The largest absolute Gasteiger partial charge is 0.480 e. The van der Waals surface area contributed by atoms with Crippen molar-refractivity contribution in [2.45, 2.75) is 31.7 Å². The second kappa shape index (κ2) is 8.08. The van der Waals surface area contributed by atoms with Gasteiger partial charge in [0.2, 0.25) is 5.91 Å². The minimum atomic E-state index is -0.980. The van der Waals surface area contributed by atoms with E-state index in [0.717, 1.165) is 29.9 Å². The standard InChI is InChI=1S/C16H21NO3S/c18-15(11-13-6-8-21-9-7-13)17-14(16(19)20)10-12-4-2-1-3-5-12/h1-5,13-14H,6-11H2,(H,17,18)(H,19,20)/t14-/m0/s1. The van der Waals surface area contributed by atoms with E-state index in [4.69, 9.17) is 0 Å². The molecule has 114 valence electrons. The number of hydrogen-bond acceptors (Lipinski definition) is 3. The summed E-state index contributed by atoms with van der Waals surface area (Å²) in [6, 6.07) is 8.53. The third kappa shape index (κ3) is 5.42. The molecule has 0 aliphatic carbocycles. The summed E-state index contributed by atoms with van der Waals surface area (Å²) in [5.41, 5.74) is 0.916. The Morgan fingerprint density at radius 2 is 1.90 bits per heavy atom. The van der Waals surface area contributed by atoms with Gasteiger partial charge in [-0.25, -0.2) is 4.79 Å². The fraction of sp³-hybridized carbons (Fsp3) is 0.500. The number of carboxylic acids is 1. The summed E-state index contributed by atoms with van der Waals surface area (Å²) < 4.78 is 0. The topological polar surface area (TPSA) is 66.4 Å².